The number of benzene rings is 1. The Hall–Kier alpha value is -2.81. The highest BCUT2D eigenvalue weighted by Gasteiger charge is 2.60. The number of anilines is 2. The number of nitrogens with one attached hydrogen (secondary N) is 1. The van der Waals surface area contributed by atoms with E-state index >= 15 is 0 Å². The Morgan fingerprint density at radius 3 is 2.80 bits per heavy atom. The molecule has 1 aromatic heterocycles. The Kier molecular flexibility index (Phi) is 4.57. The largest absolute Gasteiger partial charge is 0.307 e. The van der Waals surface area contributed by atoms with Crippen LogP contribution in [0.4, 0.5) is 10.8 Å². The molecule has 1 N–H and O–H groups in total. The summed E-state index contributed by atoms with van der Waals surface area (Å²) in [6, 6.07) is 7.01. The molecule has 9 heteroatoms. The Morgan fingerprint density at radius 2 is 2.07 bits per heavy atom. The molecule has 1 saturated carbocycles. The van der Waals surface area contributed by atoms with Crippen LogP contribution in [0.1, 0.15) is 66.7 Å². The summed E-state index contributed by atoms with van der Waals surface area (Å²) in [5, 5.41) is 12.6. The number of hydrogen-bond donors (Lipinski definition) is 1. The predicted molar refractivity (Wildman–Crippen MR) is 112 cm³/mol. The van der Waals surface area contributed by atoms with Crippen molar-refractivity contribution in [2.75, 3.05) is 16.8 Å². The molecule has 0 bridgehead atoms. The predicted octanol–water partition coefficient (Wildman–Crippen LogP) is 3.13. The van der Waals surface area contributed by atoms with Crippen LogP contribution in [0.25, 0.3) is 0 Å². The van der Waals surface area contributed by atoms with Crippen LogP contribution in [0.15, 0.2) is 24.3 Å². The lowest BCUT2D eigenvalue weighted by molar-refractivity contribution is -0.128. The number of nitrogens with zero attached hydrogens (tertiary/aromatic N) is 4. The minimum atomic E-state index is -1.37. The van der Waals surface area contributed by atoms with Gasteiger partial charge in [0.25, 0.3) is 11.8 Å². The van der Waals surface area contributed by atoms with Gasteiger partial charge in [0.1, 0.15) is 5.01 Å². The van der Waals surface area contributed by atoms with Crippen LogP contribution in [0.5, 0.6) is 0 Å². The van der Waals surface area contributed by atoms with Crippen molar-refractivity contribution in [3.8, 4) is 0 Å². The van der Waals surface area contributed by atoms with Crippen molar-refractivity contribution in [2.45, 2.75) is 57.0 Å². The Labute approximate surface area is 178 Å². The van der Waals surface area contributed by atoms with Crippen LogP contribution in [0.2, 0.25) is 0 Å². The van der Waals surface area contributed by atoms with Gasteiger partial charge < -0.3 is 4.90 Å². The number of hydrogen-bond acceptors (Lipinski definition) is 6. The van der Waals surface area contributed by atoms with Crippen molar-refractivity contribution in [1.29, 1.82) is 0 Å². The van der Waals surface area contributed by atoms with E-state index in [4.69, 9.17) is 0 Å². The van der Waals surface area contributed by atoms with Crippen molar-refractivity contribution in [1.82, 2.24) is 15.1 Å². The molecule has 0 radical (unpaired) electrons. The minimum absolute atomic E-state index is 0.154. The van der Waals surface area contributed by atoms with Gasteiger partial charge in [0.15, 0.2) is 0 Å². The number of carbonyl (C=O) groups is 3. The van der Waals surface area contributed by atoms with E-state index in [1.165, 1.54) is 22.7 Å². The third kappa shape index (κ3) is 2.68. The first-order chi connectivity index (χ1) is 14.6. The van der Waals surface area contributed by atoms with E-state index in [1.54, 1.807) is 29.2 Å². The summed E-state index contributed by atoms with van der Waals surface area (Å²) in [4.78, 5) is 43.0. The average molecular weight is 426 g/mol. The summed E-state index contributed by atoms with van der Waals surface area (Å²) in [5.74, 6) is -0.351. The summed E-state index contributed by atoms with van der Waals surface area (Å²) in [6.45, 7) is 2.34. The number of aromatic nitrogens is 2. The van der Waals surface area contributed by atoms with E-state index < -0.39 is 11.6 Å². The van der Waals surface area contributed by atoms with E-state index in [1.807, 2.05) is 6.92 Å². The molecule has 3 amide bonds. The van der Waals surface area contributed by atoms with Crippen molar-refractivity contribution < 1.29 is 14.4 Å². The molecule has 1 aliphatic carbocycles. The zero-order chi connectivity index (χ0) is 20.9. The van der Waals surface area contributed by atoms with Gasteiger partial charge in [-0.15, -0.1) is 10.2 Å². The highest BCUT2D eigenvalue weighted by Crippen LogP contribution is 2.45. The Morgan fingerprint density at radius 1 is 1.27 bits per heavy atom. The van der Waals surface area contributed by atoms with E-state index in [-0.39, 0.29) is 24.7 Å². The second-order valence-electron chi connectivity index (χ2n) is 8.05. The lowest BCUT2D eigenvalue weighted by atomic mass is 9.86. The molecule has 5 rings (SSSR count). The SMILES string of the molecule is CCCN1C(=O)c2ccccc2N2C(=O)CC[C@]12C(=O)Nc1nnc(C2CCC2)s1. The molecule has 156 valence electrons. The molecule has 2 fully saturated rings. The van der Waals surface area contributed by atoms with E-state index in [9.17, 15) is 14.4 Å². The quantitative estimate of drug-likeness (QED) is 0.794. The molecule has 2 aromatic rings. The molecule has 0 spiro atoms. The van der Waals surface area contributed by atoms with Gasteiger partial charge in [-0.3, -0.25) is 24.6 Å². The zero-order valence-electron chi connectivity index (χ0n) is 16.8. The first-order valence-electron chi connectivity index (χ1n) is 10.4. The fraction of sp³-hybridized carbons (Fsp3) is 0.476. The van der Waals surface area contributed by atoms with Gasteiger partial charge in [-0.2, -0.15) is 0 Å². The van der Waals surface area contributed by atoms with Crippen LogP contribution >= 0.6 is 11.3 Å². The van der Waals surface area contributed by atoms with Gasteiger partial charge in [-0.25, -0.2) is 0 Å². The maximum absolute atomic E-state index is 13.7. The number of fused-ring (bicyclic) bond motifs is 3. The van der Waals surface area contributed by atoms with Crippen LogP contribution in [0.3, 0.4) is 0 Å². The molecular weight excluding hydrogens is 402 g/mol. The maximum Gasteiger partial charge on any atom is 0.273 e. The summed E-state index contributed by atoms with van der Waals surface area (Å²) >= 11 is 1.38. The van der Waals surface area contributed by atoms with Gasteiger partial charge in [0, 0.05) is 25.3 Å². The Balaban J connectivity index is 1.54. The van der Waals surface area contributed by atoms with Crippen LogP contribution in [0, 0.1) is 0 Å². The van der Waals surface area contributed by atoms with Gasteiger partial charge in [-0.1, -0.05) is 36.8 Å². The van der Waals surface area contributed by atoms with E-state index in [0.29, 0.717) is 35.3 Å². The maximum atomic E-state index is 13.7. The highest BCUT2D eigenvalue weighted by molar-refractivity contribution is 7.15. The van der Waals surface area contributed by atoms with Crippen LogP contribution in [-0.4, -0.2) is 45.0 Å². The van der Waals surface area contributed by atoms with E-state index in [2.05, 4.69) is 15.5 Å². The number of para-hydroxylation sites is 1. The normalized spacial score (nSPS) is 23.2. The Bertz CT molecular complexity index is 1030. The van der Waals surface area contributed by atoms with Crippen molar-refractivity contribution in [3.05, 3.63) is 34.8 Å². The lowest BCUT2D eigenvalue weighted by Crippen LogP contribution is -2.69. The number of amides is 3. The molecule has 1 aromatic carbocycles. The number of rotatable bonds is 5. The van der Waals surface area contributed by atoms with Gasteiger partial charge >= 0.3 is 0 Å². The zero-order valence-corrected chi connectivity index (χ0v) is 17.6. The smallest absolute Gasteiger partial charge is 0.273 e. The van der Waals surface area contributed by atoms with Crippen LogP contribution in [-0.2, 0) is 9.59 Å². The summed E-state index contributed by atoms with van der Waals surface area (Å²) in [5.41, 5.74) is -0.423. The molecule has 30 heavy (non-hydrogen) atoms. The molecule has 1 saturated heterocycles. The van der Waals surface area contributed by atoms with Gasteiger partial charge in [0.05, 0.1) is 11.3 Å². The summed E-state index contributed by atoms with van der Waals surface area (Å²) in [6.07, 6.45) is 4.54. The van der Waals surface area contributed by atoms with E-state index in [0.717, 1.165) is 17.8 Å². The monoisotopic (exact) mass is 425 g/mol. The fourth-order valence-corrected chi connectivity index (χ4v) is 5.52. The van der Waals surface area contributed by atoms with Crippen molar-refractivity contribution in [3.63, 3.8) is 0 Å². The molecule has 3 heterocycles. The summed E-state index contributed by atoms with van der Waals surface area (Å²) < 4.78 is 0. The molecule has 1 atom stereocenters. The van der Waals surface area contributed by atoms with Crippen molar-refractivity contribution in [2.24, 2.45) is 0 Å². The average Bonchev–Trinajstić information content (AvgIpc) is 3.29. The standard InChI is InChI=1S/C21H23N5O3S/c1-2-12-25-18(28)14-8-3-4-9-15(14)26-16(27)10-11-21(25,26)19(29)22-20-24-23-17(30-20)13-6-5-7-13/h3-4,8-9,13H,2,5-7,10-12H2,1H3,(H,22,24,29)/t21-/m0/s1. The molecule has 0 unspecified atom stereocenters. The minimum Gasteiger partial charge on any atom is -0.307 e. The second kappa shape index (κ2) is 7.16. The molecule has 2 aliphatic heterocycles. The topological polar surface area (TPSA) is 95.5 Å². The highest BCUT2D eigenvalue weighted by atomic mass is 32.1. The molecular formula is C21H23N5O3S. The lowest BCUT2D eigenvalue weighted by Gasteiger charge is -2.48. The number of carbonyl (C=O) groups excluding carboxylic acids is 3. The first kappa shape index (κ1) is 19.2. The third-order valence-corrected chi connectivity index (χ3v) is 7.30. The fourth-order valence-electron chi connectivity index (χ4n) is 4.61. The van der Waals surface area contributed by atoms with Gasteiger partial charge in [0.2, 0.25) is 16.7 Å². The van der Waals surface area contributed by atoms with Crippen molar-refractivity contribution >= 4 is 39.9 Å². The third-order valence-electron chi connectivity index (χ3n) is 6.30. The van der Waals surface area contributed by atoms with Crippen LogP contribution < -0.4 is 10.2 Å². The first-order valence-corrected chi connectivity index (χ1v) is 11.3. The second-order valence-corrected chi connectivity index (χ2v) is 9.06. The molecule has 8 nitrogen and oxygen atoms in total. The molecule has 3 aliphatic rings. The van der Waals surface area contributed by atoms with Gasteiger partial charge in [-0.05, 0) is 31.4 Å². The summed E-state index contributed by atoms with van der Waals surface area (Å²) in [7, 11) is 0.